The van der Waals surface area contributed by atoms with E-state index in [4.69, 9.17) is 14.2 Å². The van der Waals surface area contributed by atoms with Gasteiger partial charge in [0, 0.05) is 19.3 Å². The Bertz CT molecular complexity index is 1690. The molecule has 0 radical (unpaired) electrons. The summed E-state index contributed by atoms with van der Waals surface area (Å²) in [6, 6.07) is 0. The van der Waals surface area contributed by atoms with E-state index in [2.05, 4.69) is 142 Å². The van der Waals surface area contributed by atoms with Gasteiger partial charge in [-0.15, -0.1) is 0 Å². The number of esters is 3. The van der Waals surface area contributed by atoms with Gasteiger partial charge in [0.25, 0.3) is 0 Å². The fourth-order valence-corrected chi connectivity index (χ4v) is 9.51. The molecule has 0 aromatic heterocycles. The molecule has 1 atom stereocenters. The minimum atomic E-state index is -0.792. The topological polar surface area (TPSA) is 78.9 Å². The summed E-state index contributed by atoms with van der Waals surface area (Å²) in [5, 5.41) is 0. The van der Waals surface area contributed by atoms with E-state index in [1.54, 1.807) is 0 Å². The molecule has 0 spiro atoms. The number of carbonyl (C=O) groups is 3. The first kappa shape index (κ1) is 77.8. The molecule has 0 fully saturated rings. The third-order valence-electron chi connectivity index (χ3n) is 14.7. The average Bonchev–Trinajstić information content (AvgIpc) is 3.47. The summed E-state index contributed by atoms with van der Waals surface area (Å²) < 4.78 is 16.9. The summed E-state index contributed by atoms with van der Waals surface area (Å²) in [4.78, 5) is 38.4. The normalized spacial score (nSPS) is 12.9. The summed E-state index contributed by atoms with van der Waals surface area (Å²) in [5.41, 5.74) is 0. The van der Waals surface area contributed by atoms with Crippen LogP contribution in [0.2, 0.25) is 0 Å². The lowest BCUT2D eigenvalue weighted by Crippen LogP contribution is -2.30. The highest BCUT2D eigenvalue weighted by Crippen LogP contribution is 2.16. The predicted octanol–water partition coefficient (Wildman–Crippen LogP) is 23.9. The molecule has 0 heterocycles. The fourth-order valence-electron chi connectivity index (χ4n) is 9.51. The summed E-state index contributed by atoms with van der Waals surface area (Å²) in [6.07, 6.45) is 96.4. The Morgan fingerprint density at radius 3 is 0.780 bits per heavy atom. The van der Waals surface area contributed by atoms with Crippen molar-refractivity contribution in [3.8, 4) is 0 Å². The van der Waals surface area contributed by atoms with Crippen LogP contribution in [0.25, 0.3) is 0 Å². The van der Waals surface area contributed by atoms with Crippen molar-refractivity contribution in [1.29, 1.82) is 0 Å². The van der Waals surface area contributed by atoms with Crippen LogP contribution in [0.1, 0.15) is 323 Å². The van der Waals surface area contributed by atoms with Crippen molar-refractivity contribution >= 4 is 17.9 Å². The maximum Gasteiger partial charge on any atom is 0.306 e. The molecule has 0 aliphatic heterocycles. The third kappa shape index (κ3) is 66.6. The van der Waals surface area contributed by atoms with Crippen molar-refractivity contribution in [3.05, 3.63) is 122 Å². The standard InChI is InChI=1S/C76H128O6/c1-4-7-10-13-16-19-22-25-27-29-31-33-35-37-38-40-41-43-45-47-49-51-54-57-60-63-66-69-75(78)81-72-73(71-80-74(77)68-65-62-59-56-53-24-21-18-15-12-9-6-3)82-76(79)70-67-64-61-58-55-52-50-48-46-44-42-39-36-34-32-30-28-26-23-20-17-14-11-8-5-2/h7,10,16,18-19,21,23,25-27,30-33,36-39,41,43,73H,4-6,8-9,11-15,17,20,22,24,28-29,34-35,40,42,44-72H2,1-3H3/b10-7-,19-16-,21-18-,26-23-,27-25-,32-30-,33-31-,38-37-,39-36-,43-41-. The molecule has 6 nitrogen and oxygen atoms in total. The zero-order chi connectivity index (χ0) is 59.2. The molecule has 0 aliphatic carbocycles. The second kappa shape index (κ2) is 69.3. The van der Waals surface area contributed by atoms with E-state index in [1.165, 1.54) is 161 Å². The van der Waals surface area contributed by atoms with Gasteiger partial charge in [0.15, 0.2) is 6.10 Å². The summed E-state index contributed by atoms with van der Waals surface area (Å²) in [6.45, 7) is 6.50. The molecule has 0 bridgehead atoms. The number of ether oxygens (including phenoxy) is 3. The van der Waals surface area contributed by atoms with Crippen molar-refractivity contribution in [2.45, 2.75) is 329 Å². The molecule has 0 aromatic carbocycles. The lowest BCUT2D eigenvalue weighted by molar-refractivity contribution is -0.167. The molecule has 0 aromatic rings. The first-order valence-corrected chi connectivity index (χ1v) is 34.5. The van der Waals surface area contributed by atoms with Crippen LogP contribution in [0.5, 0.6) is 0 Å². The molecule has 0 aliphatic rings. The van der Waals surface area contributed by atoms with Crippen molar-refractivity contribution < 1.29 is 28.6 Å². The van der Waals surface area contributed by atoms with Crippen molar-refractivity contribution in [2.24, 2.45) is 0 Å². The van der Waals surface area contributed by atoms with Gasteiger partial charge in [-0.2, -0.15) is 0 Å². The van der Waals surface area contributed by atoms with Gasteiger partial charge in [-0.05, 0) is 135 Å². The van der Waals surface area contributed by atoms with Crippen LogP contribution in [0.3, 0.4) is 0 Å². The van der Waals surface area contributed by atoms with Gasteiger partial charge in [0.2, 0.25) is 0 Å². The zero-order valence-electron chi connectivity index (χ0n) is 53.7. The molecular formula is C76H128O6. The molecule has 0 amide bonds. The first-order valence-electron chi connectivity index (χ1n) is 34.5. The number of rotatable bonds is 62. The van der Waals surface area contributed by atoms with Gasteiger partial charge >= 0.3 is 17.9 Å². The van der Waals surface area contributed by atoms with Gasteiger partial charge < -0.3 is 14.2 Å². The largest absolute Gasteiger partial charge is 0.462 e. The molecule has 6 heteroatoms. The van der Waals surface area contributed by atoms with Crippen LogP contribution in [-0.4, -0.2) is 37.2 Å². The molecule has 1 unspecified atom stereocenters. The highest BCUT2D eigenvalue weighted by molar-refractivity contribution is 5.71. The minimum Gasteiger partial charge on any atom is -0.462 e. The van der Waals surface area contributed by atoms with E-state index < -0.39 is 6.10 Å². The highest BCUT2D eigenvalue weighted by atomic mass is 16.6. The molecule has 0 N–H and O–H groups in total. The minimum absolute atomic E-state index is 0.0875. The Morgan fingerprint density at radius 2 is 0.476 bits per heavy atom. The molecule has 0 saturated carbocycles. The molecule has 82 heavy (non-hydrogen) atoms. The van der Waals surface area contributed by atoms with Crippen LogP contribution in [0.15, 0.2) is 122 Å². The van der Waals surface area contributed by atoms with E-state index in [9.17, 15) is 14.4 Å². The third-order valence-corrected chi connectivity index (χ3v) is 14.7. The number of hydrogen-bond acceptors (Lipinski definition) is 6. The lowest BCUT2D eigenvalue weighted by Gasteiger charge is -2.18. The van der Waals surface area contributed by atoms with Gasteiger partial charge in [0.1, 0.15) is 13.2 Å². The van der Waals surface area contributed by atoms with Crippen LogP contribution in [0, 0.1) is 0 Å². The Balaban J connectivity index is 4.32. The zero-order valence-corrected chi connectivity index (χ0v) is 53.7. The first-order chi connectivity index (χ1) is 40.5. The van der Waals surface area contributed by atoms with E-state index >= 15 is 0 Å². The molecular weight excluding hydrogens is 1010 g/mol. The van der Waals surface area contributed by atoms with E-state index in [0.717, 1.165) is 122 Å². The molecule has 0 saturated heterocycles. The SMILES string of the molecule is CC/C=C\C/C=C\C/C=C\C/C=C\C/C=C\C/C=C\CCCCCCCCCCC(=O)OCC(COC(=O)CCCCCCC/C=C\CCCCC)OC(=O)CCCCCCCCCCCC/C=C\C/C=C\C/C=C\CCCCCCC. The summed E-state index contributed by atoms with van der Waals surface area (Å²) >= 11 is 0. The fraction of sp³-hybridized carbons (Fsp3) is 0.697. The smallest absolute Gasteiger partial charge is 0.306 e. The average molecular weight is 1140 g/mol. The Morgan fingerprint density at radius 1 is 0.256 bits per heavy atom. The van der Waals surface area contributed by atoms with Gasteiger partial charge in [-0.25, -0.2) is 0 Å². The van der Waals surface area contributed by atoms with Gasteiger partial charge in [0.05, 0.1) is 0 Å². The van der Waals surface area contributed by atoms with Gasteiger partial charge in [-0.1, -0.05) is 290 Å². The number of hydrogen-bond donors (Lipinski definition) is 0. The Labute approximate surface area is 507 Å². The lowest BCUT2D eigenvalue weighted by atomic mass is 10.0. The number of unbranched alkanes of at least 4 members (excludes halogenated alkanes) is 31. The maximum absolute atomic E-state index is 12.9. The summed E-state index contributed by atoms with van der Waals surface area (Å²) in [7, 11) is 0. The summed E-state index contributed by atoms with van der Waals surface area (Å²) in [5.74, 6) is -0.900. The maximum atomic E-state index is 12.9. The quantitative estimate of drug-likeness (QED) is 0.0261. The molecule has 468 valence electrons. The number of carbonyl (C=O) groups excluding carboxylic acids is 3. The Hall–Kier alpha value is -4.19. The second-order valence-electron chi connectivity index (χ2n) is 22.7. The van der Waals surface area contributed by atoms with Crippen LogP contribution in [0.4, 0.5) is 0 Å². The van der Waals surface area contributed by atoms with E-state index in [-0.39, 0.29) is 31.1 Å². The van der Waals surface area contributed by atoms with E-state index in [1.807, 2.05) is 0 Å². The second-order valence-corrected chi connectivity index (χ2v) is 22.7. The molecule has 0 rings (SSSR count). The number of allylic oxidation sites excluding steroid dienone is 20. The monoisotopic (exact) mass is 1140 g/mol. The van der Waals surface area contributed by atoms with Crippen molar-refractivity contribution in [2.75, 3.05) is 13.2 Å². The van der Waals surface area contributed by atoms with Crippen molar-refractivity contribution in [1.82, 2.24) is 0 Å². The van der Waals surface area contributed by atoms with Crippen LogP contribution < -0.4 is 0 Å². The van der Waals surface area contributed by atoms with Crippen LogP contribution >= 0.6 is 0 Å². The van der Waals surface area contributed by atoms with E-state index in [0.29, 0.717) is 19.3 Å². The van der Waals surface area contributed by atoms with Crippen LogP contribution in [-0.2, 0) is 28.6 Å². The van der Waals surface area contributed by atoms with Gasteiger partial charge in [-0.3, -0.25) is 14.4 Å². The van der Waals surface area contributed by atoms with Crippen molar-refractivity contribution in [3.63, 3.8) is 0 Å². The Kier molecular flexibility index (Phi) is 65.8. The highest BCUT2D eigenvalue weighted by Gasteiger charge is 2.19. The predicted molar refractivity (Wildman–Crippen MR) is 357 cm³/mol.